The van der Waals surface area contributed by atoms with Gasteiger partial charge in [-0.2, -0.15) is 0 Å². The fourth-order valence-corrected chi connectivity index (χ4v) is 3.35. The van der Waals surface area contributed by atoms with Crippen LogP contribution in [0.2, 0.25) is 0 Å². The molecule has 0 unspecified atom stereocenters. The highest BCUT2D eigenvalue weighted by Gasteiger charge is 2.10. The zero-order chi connectivity index (χ0) is 17.1. The lowest BCUT2D eigenvalue weighted by molar-refractivity contribution is -0.116. The number of hydrogen-bond acceptors (Lipinski definition) is 5. The minimum atomic E-state index is -0.294. The van der Waals surface area contributed by atoms with E-state index in [0.29, 0.717) is 5.13 Å². The van der Waals surface area contributed by atoms with E-state index in [0.717, 1.165) is 34.3 Å². The van der Waals surface area contributed by atoms with Crippen molar-refractivity contribution >= 4 is 32.6 Å². The van der Waals surface area contributed by atoms with Crippen molar-refractivity contribution in [3.8, 4) is 0 Å². The van der Waals surface area contributed by atoms with Crippen molar-refractivity contribution in [2.24, 2.45) is 0 Å². The summed E-state index contributed by atoms with van der Waals surface area (Å²) in [6.07, 6.45) is 3.11. The van der Waals surface area contributed by atoms with Gasteiger partial charge in [0, 0.05) is 11.8 Å². The minimum Gasteiger partial charge on any atom is -0.300 e. The maximum atomic E-state index is 12.2. The van der Waals surface area contributed by atoms with E-state index in [1.54, 1.807) is 0 Å². The minimum absolute atomic E-state index is 0.0762. The van der Waals surface area contributed by atoms with Crippen molar-refractivity contribution in [3.63, 3.8) is 0 Å². The molecule has 1 N–H and O–H groups in total. The number of fused-ring (bicyclic) bond motifs is 1. The zero-order valence-electron chi connectivity index (χ0n) is 13.6. The lowest BCUT2D eigenvalue weighted by atomic mass is 10.2. The highest BCUT2D eigenvalue weighted by molar-refractivity contribution is 7.22. The lowest BCUT2D eigenvalue weighted by Gasteiger charge is -2.05. The van der Waals surface area contributed by atoms with Crippen molar-refractivity contribution in [2.45, 2.75) is 33.2 Å². The van der Waals surface area contributed by atoms with Gasteiger partial charge in [-0.15, -0.1) is 0 Å². The third-order valence-electron chi connectivity index (χ3n) is 3.55. The van der Waals surface area contributed by atoms with Crippen molar-refractivity contribution in [3.05, 3.63) is 52.2 Å². The van der Waals surface area contributed by atoms with E-state index in [1.807, 2.05) is 32.0 Å². The van der Waals surface area contributed by atoms with E-state index in [2.05, 4.69) is 15.3 Å². The van der Waals surface area contributed by atoms with Crippen molar-refractivity contribution < 1.29 is 4.79 Å². The maximum absolute atomic E-state index is 12.2. The van der Waals surface area contributed by atoms with Gasteiger partial charge in [0.1, 0.15) is 6.54 Å². The van der Waals surface area contributed by atoms with Crippen LogP contribution >= 0.6 is 11.3 Å². The van der Waals surface area contributed by atoms with Gasteiger partial charge in [0.05, 0.1) is 16.5 Å². The molecule has 0 atom stereocenters. The number of nitrogens with zero attached hydrogens (tertiary/aromatic N) is 3. The van der Waals surface area contributed by atoms with Gasteiger partial charge in [0.2, 0.25) is 5.91 Å². The van der Waals surface area contributed by atoms with Crippen LogP contribution in [-0.4, -0.2) is 20.4 Å². The highest BCUT2D eigenvalue weighted by atomic mass is 32.1. The summed E-state index contributed by atoms with van der Waals surface area (Å²) in [6.45, 7) is 3.96. The summed E-state index contributed by atoms with van der Waals surface area (Å²) >= 11 is 1.42. The van der Waals surface area contributed by atoms with Gasteiger partial charge < -0.3 is 5.32 Å². The summed E-state index contributed by atoms with van der Waals surface area (Å²) in [5.74, 6) is -0.294. The first kappa shape index (κ1) is 16.3. The smallest absolute Gasteiger partial charge is 0.253 e. The predicted octanol–water partition coefficient (Wildman–Crippen LogP) is 2.75. The first-order chi connectivity index (χ1) is 11.5. The number of aryl methyl sites for hydroxylation is 2. The Hall–Kier alpha value is -2.54. The van der Waals surface area contributed by atoms with Crippen LogP contribution in [0.15, 0.2) is 35.4 Å². The molecule has 3 rings (SSSR count). The molecule has 0 aliphatic rings. The second-order valence-electron chi connectivity index (χ2n) is 5.63. The van der Waals surface area contributed by atoms with Crippen LogP contribution in [0, 0.1) is 6.92 Å². The molecular weight excluding hydrogens is 324 g/mol. The molecule has 0 fully saturated rings. The fourth-order valence-electron chi connectivity index (χ4n) is 2.37. The van der Waals surface area contributed by atoms with Crippen LogP contribution in [0.3, 0.4) is 0 Å². The maximum Gasteiger partial charge on any atom is 0.253 e. The second-order valence-corrected chi connectivity index (χ2v) is 6.67. The Morgan fingerprint density at radius 3 is 2.92 bits per heavy atom. The predicted molar refractivity (Wildman–Crippen MR) is 95.5 cm³/mol. The molecule has 0 aliphatic carbocycles. The van der Waals surface area contributed by atoms with E-state index < -0.39 is 0 Å². The molecule has 2 heterocycles. The Bertz CT molecular complexity index is 945. The van der Waals surface area contributed by atoms with Crippen molar-refractivity contribution in [1.82, 2.24) is 14.5 Å². The number of carbonyl (C=O) groups excluding carboxylic acids is 1. The Morgan fingerprint density at radius 2 is 2.17 bits per heavy atom. The quantitative estimate of drug-likeness (QED) is 0.773. The standard InChI is InChI=1S/C17H18N4O2S/c1-3-4-12-8-16(23)21(10-18-12)9-15(22)20-17-19-13-6-5-11(2)7-14(13)24-17/h5-8,10H,3-4,9H2,1-2H3,(H,19,20,22). The third kappa shape index (κ3) is 3.68. The summed E-state index contributed by atoms with van der Waals surface area (Å²) in [5, 5.41) is 3.28. The van der Waals surface area contributed by atoms with E-state index in [9.17, 15) is 9.59 Å². The average molecular weight is 342 g/mol. The SMILES string of the molecule is CCCc1cc(=O)n(CC(=O)Nc2nc3ccc(C)cc3s2)cn1. The molecule has 3 aromatic rings. The summed E-state index contributed by atoms with van der Waals surface area (Å²) < 4.78 is 2.32. The summed E-state index contributed by atoms with van der Waals surface area (Å²) in [7, 11) is 0. The molecule has 1 amide bonds. The first-order valence-electron chi connectivity index (χ1n) is 7.77. The molecule has 7 heteroatoms. The van der Waals surface area contributed by atoms with Crippen LogP contribution in [-0.2, 0) is 17.8 Å². The zero-order valence-corrected chi connectivity index (χ0v) is 14.4. The number of carbonyl (C=O) groups is 1. The molecule has 0 saturated heterocycles. The van der Waals surface area contributed by atoms with Gasteiger partial charge >= 0.3 is 0 Å². The van der Waals surface area contributed by atoms with Gasteiger partial charge in [0.25, 0.3) is 5.56 Å². The van der Waals surface area contributed by atoms with E-state index >= 15 is 0 Å². The van der Waals surface area contributed by atoms with Gasteiger partial charge in [-0.3, -0.25) is 14.2 Å². The number of amides is 1. The van der Waals surface area contributed by atoms with Crippen molar-refractivity contribution in [1.29, 1.82) is 0 Å². The van der Waals surface area contributed by atoms with E-state index in [1.165, 1.54) is 28.3 Å². The Kier molecular flexibility index (Phi) is 4.71. The van der Waals surface area contributed by atoms with Crippen LogP contribution in [0.1, 0.15) is 24.6 Å². The Balaban J connectivity index is 1.71. The monoisotopic (exact) mass is 342 g/mol. The molecule has 6 nitrogen and oxygen atoms in total. The molecule has 0 bridgehead atoms. The normalized spacial score (nSPS) is 10.9. The number of rotatable bonds is 5. The third-order valence-corrected chi connectivity index (χ3v) is 4.48. The summed E-state index contributed by atoms with van der Waals surface area (Å²) in [4.78, 5) is 32.8. The topological polar surface area (TPSA) is 76.9 Å². The number of thiazole rings is 1. The first-order valence-corrected chi connectivity index (χ1v) is 8.59. The van der Waals surface area contributed by atoms with Crippen LogP contribution in [0.4, 0.5) is 5.13 Å². The fraction of sp³-hybridized carbons (Fsp3) is 0.294. The van der Waals surface area contributed by atoms with Crippen LogP contribution < -0.4 is 10.9 Å². The van der Waals surface area contributed by atoms with Gasteiger partial charge in [-0.1, -0.05) is 30.7 Å². The number of nitrogens with one attached hydrogen (secondary N) is 1. The molecular formula is C17H18N4O2S. The highest BCUT2D eigenvalue weighted by Crippen LogP contribution is 2.26. The number of aromatic nitrogens is 3. The number of benzene rings is 1. The summed E-state index contributed by atoms with van der Waals surface area (Å²) in [6, 6.07) is 7.43. The largest absolute Gasteiger partial charge is 0.300 e. The molecule has 124 valence electrons. The van der Waals surface area contributed by atoms with Gasteiger partial charge in [0.15, 0.2) is 5.13 Å². The molecule has 0 spiro atoms. The molecule has 0 saturated carbocycles. The number of anilines is 1. The van der Waals surface area contributed by atoms with E-state index in [-0.39, 0.29) is 18.0 Å². The Morgan fingerprint density at radius 1 is 1.33 bits per heavy atom. The molecule has 2 aromatic heterocycles. The van der Waals surface area contributed by atoms with E-state index in [4.69, 9.17) is 0 Å². The molecule has 1 aromatic carbocycles. The molecule has 0 aliphatic heterocycles. The van der Waals surface area contributed by atoms with Gasteiger partial charge in [-0.05, 0) is 31.0 Å². The van der Waals surface area contributed by atoms with Crippen LogP contribution in [0.5, 0.6) is 0 Å². The lowest BCUT2D eigenvalue weighted by Crippen LogP contribution is -2.27. The van der Waals surface area contributed by atoms with Gasteiger partial charge in [-0.25, -0.2) is 9.97 Å². The second kappa shape index (κ2) is 6.92. The molecule has 0 radical (unpaired) electrons. The Labute approximate surface area is 143 Å². The molecule has 24 heavy (non-hydrogen) atoms. The summed E-state index contributed by atoms with van der Waals surface area (Å²) in [5.41, 5.74) is 2.53. The van der Waals surface area contributed by atoms with Crippen molar-refractivity contribution in [2.75, 3.05) is 5.32 Å². The average Bonchev–Trinajstić information content (AvgIpc) is 2.91. The van der Waals surface area contributed by atoms with Crippen LogP contribution in [0.25, 0.3) is 10.2 Å². The number of hydrogen-bond donors (Lipinski definition) is 1.